The molecule has 0 spiro atoms. The predicted molar refractivity (Wildman–Crippen MR) is 62.2 cm³/mol. The van der Waals surface area contributed by atoms with Gasteiger partial charge in [-0.15, -0.1) is 11.3 Å². The van der Waals surface area contributed by atoms with Crippen molar-refractivity contribution in [2.24, 2.45) is 0 Å². The fourth-order valence-electron chi connectivity index (χ4n) is 1.59. The van der Waals surface area contributed by atoms with Gasteiger partial charge in [0.2, 0.25) is 0 Å². The van der Waals surface area contributed by atoms with Gasteiger partial charge in [0.25, 0.3) is 0 Å². The van der Waals surface area contributed by atoms with Crippen LogP contribution in [0.1, 0.15) is 35.3 Å². The van der Waals surface area contributed by atoms with Crippen molar-refractivity contribution in [1.82, 2.24) is 10.3 Å². The first-order valence-corrected chi connectivity index (χ1v) is 6.14. The van der Waals surface area contributed by atoms with Crippen molar-refractivity contribution >= 4 is 11.3 Å². The second kappa shape index (κ2) is 4.20. The van der Waals surface area contributed by atoms with Gasteiger partial charge in [-0.25, -0.2) is 4.98 Å². The van der Waals surface area contributed by atoms with E-state index in [4.69, 9.17) is 9.72 Å². The predicted octanol–water partition coefficient (Wildman–Crippen LogP) is 2.06. The van der Waals surface area contributed by atoms with Crippen molar-refractivity contribution < 1.29 is 4.74 Å². The maximum absolute atomic E-state index is 5.18. The molecular formula is C11H18N2OS. The topological polar surface area (TPSA) is 34.2 Å². The number of hydrogen-bond acceptors (Lipinski definition) is 4. The third-order valence-electron chi connectivity index (χ3n) is 2.91. The smallest absolute Gasteiger partial charge is 0.0991 e. The van der Waals surface area contributed by atoms with Crippen molar-refractivity contribution in [2.75, 3.05) is 14.2 Å². The molecule has 0 aliphatic heterocycles. The van der Waals surface area contributed by atoms with Crippen LogP contribution < -0.4 is 5.32 Å². The second-order valence-electron chi connectivity index (χ2n) is 4.41. The van der Waals surface area contributed by atoms with E-state index in [0.717, 1.165) is 12.2 Å². The second-order valence-corrected chi connectivity index (χ2v) is 5.50. The Kier molecular flexibility index (Phi) is 3.09. The number of methoxy groups -OCH3 is 1. The van der Waals surface area contributed by atoms with Crippen molar-refractivity contribution in [2.45, 2.75) is 38.3 Å². The van der Waals surface area contributed by atoms with Gasteiger partial charge in [0.1, 0.15) is 0 Å². The highest BCUT2D eigenvalue weighted by Crippen LogP contribution is 2.49. The molecule has 0 atom stereocenters. The first-order chi connectivity index (χ1) is 7.19. The van der Waals surface area contributed by atoms with Crippen LogP contribution in [0.3, 0.4) is 0 Å². The SMILES string of the molecule is CNCc1sc(C2(C)CC2)nc1COC. The van der Waals surface area contributed by atoms with Gasteiger partial charge in [0, 0.05) is 23.9 Å². The number of nitrogens with zero attached hydrogens (tertiary/aromatic N) is 1. The Labute approximate surface area is 94.9 Å². The Hall–Kier alpha value is -0.450. The number of hydrogen-bond donors (Lipinski definition) is 1. The first kappa shape index (κ1) is 11.0. The van der Waals surface area contributed by atoms with Crippen LogP contribution in [-0.2, 0) is 23.3 Å². The molecule has 15 heavy (non-hydrogen) atoms. The van der Waals surface area contributed by atoms with E-state index in [1.807, 2.05) is 18.4 Å². The largest absolute Gasteiger partial charge is 0.378 e. The molecule has 0 radical (unpaired) electrons. The molecule has 1 aliphatic rings. The summed E-state index contributed by atoms with van der Waals surface area (Å²) in [5.74, 6) is 0. The van der Waals surface area contributed by atoms with Crippen LogP contribution in [0, 0.1) is 0 Å². The Balaban J connectivity index is 2.23. The Bertz CT molecular complexity index is 321. The standard InChI is InChI=1S/C11H18N2OS/c1-11(4-5-11)10-13-8(7-14-3)9(15-10)6-12-2/h12H,4-7H2,1-3H3. The van der Waals surface area contributed by atoms with E-state index in [1.165, 1.54) is 22.7 Å². The van der Waals surface area contributed by atoms with E-state index in [2.05, 4.69) is 12.2 Å². The van der Waals surface area contributed by atoms with Crippen molar-refractivity contribution in [1.29, 1.82) is 0 Å². The van der Waals surface area contributed by atoms with Crippen LogP contribution in [0.2, 0.25) is 0 Å². The zero-order valence-electron chi connectivity index (χ0n) is 9.59. The third-order valence-corrected chi connectivity index (χ3v) is 4.32. The van der Waals surface area contributed by atoms with Gasteiger partial charge >= 0.3 is 0 Å². The number of rotatable bonds is 5. The molecule has 2 rings (SSSR count). The Morgan fingerprint density at radius 2 is 2.27 bits per heavy atom. The van der Waals surface area contributed by atoms with E-state index in [1.54, 1.807) is 7.11 Å². The molecule has 4 heteroatoms. The van der Waals surface area contributed by atoms with Crippen LogP contribution in [0.5, 0.6) is 0 Å². The number of nitrogens with one attached hydrogen (secondary N) is 1. The highest BCUT2D eigenvalue weighted by atomic mass is 32.1. The fourth-order valence-corrected chi connectivity index (χ4v) is 2.87. The molecule has 0 aromatic carbocycles. The van der Waals surface area contributed by atoms with Gasteiger partial charge in [-0.3, -0.25) is 0 Å². The highest BCUT2D eigenvalue weighted by Gasteiger charge is 2.42. The molecular weight excluding hydrogens is 208 g/mol. The molecule has 0 saturated heterocycles. The molecule has 1 heterocycles. The van der Waals surface area contributed by atoms with Gasteiger partial charge in [-0.1, -0.05) is 6.92 Å². The lowest BCUT2D eigenvalue weighted by molar-refractivity contribution is 0.181. The summed E-state index contributed by atoms with van der Waals surface area (Å²) in [6.45, 7) is 3.82. The lowest BCUT2D eigenvalue weighted by Gasteiger charge is -2.00. The zero-order chi connectivity index (χ0) is 10.9. The minimum absolute atomic E-state index is 0.374. The summed E-state index contributed by atoms with van der Waals surface area (Å²) < 4.78 is 5.18. The van der Waals surface area contributed by atoms with Crippen molar-refractivity contribution in [3.8, 4) is 0 Å². The Morgan fingerprint density at radius 1 is 1.53 bits per heavy atom. The summed E-state index contributed by atoms with van der Waals surface area (Å²) in [5, 5.41) is 4.47. The normalized spacial score (nSPS) is 18.1. The molecule has 1 aliphatic carbocycles. The summed E-state index contributed by atoms with van der Waals surface area (Å²) in [7, 11) is 3.69. The molecule has 0 amide bonds. The van der Waals surface area contributed by atoms with E-state index >= 15 is 0 Å². The molecule has 1 fully saturated rings. The summed E-state index contributed by atoms with van der Waals surface area (Å²) in [4.78, 5) is 6.03. The minimum atomic E-state index is 0.374. The van der Waals surface area contributed by atoms with Gasteiger partial charge in [0.05, 0.1) is 17.3 Å². The highest BCUT2D eigenvalue weighted by molar-refractivity contribution is 7.12. The molecule has 0 bridgehead atoms. The van der Waals surface area contributed by atoms with Crippen LogP contribution in [0.15, 0.2) is 0 Å². The van der Waals surface area contributed by atoms with E-state index < -0.39 is 0 Å². The van der Waals surface area contributed by atoms with Crippen molar-refractivity contribution in [3.63, 3.8) is 0 Å². The quantitative estimate of drug-likeness (QED) is 0.834. The zero-order valence-corrected chi connectivity index (χ0v) is 10.4. The summed E-state index contributed by atoms with van der Waals surface area (Å²) in [6.07, 6.45) is 2.57. The van der Waals surface area contributed by atoms with E-state index in [0.29, 0.717) is 12.0 Å². The van der Waals surface area contributed by atoms with Crippen LogP contribution >= 0.6 is 11.3 Å². The van der Waals surface area contributed by atoms with Crippen LogP contribution in [0.25, 0.3) is 0 Å². The van der Waals surface area contributed by atoms with Gasteiger partial charge in [0.15, 0.2) is 0 Å². The molecule has 1 N–H and O–H groups in total. The van der Waals surface area contributed by atoms with Gasteiger partial charge in [-0.2, -0.15) is 0 Å². The van der Waals surface area contributed by atoms with Crippen molar-refractivity contribution in [3.05, 3.63) is 15.6 Å². The van der Waals surface area contributed by atoms with E-state index in [-0.39, 0.29) is 0 Å². The summed E-state index contributed by atoms with van der Waals surface area (Å²) in [5.41, 5.74) is 1.49. The number of aromatic nitrogens is 1. The van der Waals surface area contributed by atoms with Gasteiger partial charge < -0.3 is 10.1 Å². The average Bonchev–Trinajstić information content (AvgIpc) is 2.82. The van der Waals surface area contributed by atoms with Crippen LogP contribution in [-0.4, -0.2) is 19.1 Å². The Morgan fingerprint density at radius 3 is 2.80 bits per heavy atom. The fraction of sp³-hybridized carbons (Fsp3) is 0.727. The summed E-state index contributed by atoms with van der Waals surface area (Å²) in [6, 6.07) is 0. The number of ether oxygens (including phenoxy) is 1. The molecule has 1 saturated carbocycles. The van der Waals surface area contributed by atoms with E-state index in [9.17, 15) is 0 Å². The lowest BCUT2D eigenvalue weighted by atomic mass is 10.2. The average molecular weight is 226 g/mol. The number of thiazole rings is 1. The van der Waals surface area contributed by atoms with Crippen LogP contribution in [0.4, 0.5) is 0 Å². The molecule has 1 aromatic rings. The summed E-state index contributed by atoms with van der Waals surface area (Å²) >= 11 is 1.84. The molecule has 0 unspecified atom stereocenters. The lowest BCUT2D eigenvalue weighted by Crippen LogP contribution is -2.06. The molecule has 1 aromatic heterocycles. The van der Waals surface area contributed by atoms with Gasteiger partial charge in [-0.05, 0) is 19.9 Å². The maximum atomic E-state index is 5.18. The minimum Gasteiger partial charge on any atom is -0.378 e. The first-order valence-electron chi connectivity index (χ1n) is 5.32. The molecule has 3 nitrogen and oxygen atoms in total. The molecule has 84 valence electrons. The third kappa shape index (κ3) is 2.22. The maximum Gasteiger partial charge on any atom is 0.0991 e. The monoisotopic (exact) mass is 226 g/mol.